The van der Waals surface area contributed by atoms with E-state index in [1.165, 1.54) is 161 Å². The third kappa shape index (κ3) is 51.2. The molecule has 0 amide bonds. The molecule has 9 nitrogen and oxygen atoms in total. The van der Waals surface area contributed by atoms with Crippen molar-refractivity contribution in [1.29, 1.82) is 0 Å². The van der Waals surface area contributed by atoms with Gasteiger partial charge in [0.05, 0.1) is 40.3 Å². The second kappa shape index (κ2) is 49.9. The lowest BCUT2D eigenvalue weighted by Crippen LogP contribution is -2.44. The summed E-state index contributed by atoms with van der Waals surface area (Å²) < 4.78 is 22.7. The number of esters is 2. The normalized spacial score (nSPS) is 13.0. The fraction of sp³-hybridized carbons (Fsp3) is 0.845. The minimum atomic E-state index is -1.62. The molecular weight excluding hydrogens is 839 g/mol. The monoisotopic (exact) mass is 946 g/mol. The lowest BCUT2D eigenvalue weighted by atomic mass is 10.0. The number of ether oxygens (including phenoxy) is 4. The first-order valence-electron chi connectivity index (χ1n) is 28.1. The molecule has 0 aliphatic heterocycles. The van der Waals surface area contributed by atoms with Crippen LogP contribution in [0.1, 0.15) is 258 Å². The predicted molar refractivity (Wildman–Crippen MR) is 279 cm³/mol. The van der Waals surface area contributed by atoms with Crippen LogP contribution in [0.5, 0.6) is 0 Å². The Hall–Kier alpha value is -2.49. The zero-order valence-electron chi connectivity index (χ0n) is 44.5. The van der Waals surface area contributed by atoms with Crippen molar-refractivity contribution in [3.8, 4) is 0 Å². The Morgan fingerprint density at radius 3 is 1.27 bits per heavy atom. The molecule has 2 atom stereocenters. The van der Waals surface area contributed by atoms with E-state index >= 15 is 0 Å². The van der Waals surface area contributed by atoms with Gasteiger partial charge in [-0.1, -0.05) is 237 Å². The van der Waals surface area contributed by atoms with Gasteiger partial charge < -0.3 is 33.3 Å². The van der Waals surface area contributed by atoms with E-state index in [0.29, 0.717) is 23.9 Å². The number of rotatable bonds is 52. The second-order valence-electron chi connectivity index (χ2n) is 20.2. The van der Waals surface area contributed by atoms with Crippen LogP contribution in [0.15, 0.2) is 36.5 Å². The average molecular weight is 946 g/mol. The molecular formula is C58H107NO8. The smallest absolute Gasteiger partial charge is 0.306 e. The first-order chi connectivity index (χ1) is 32.6. The number of likely N-dealkylation sites (N-methyl/N-ethyl adjacent to an activating group) is 1. The van der Waals surface area contributed by atoms with Crippen molar-refractivity contribution in [1.82, 2.24) is 0 Å². The van der Waals surface area contributed by atoms with E-state index in [9.17, 15) is 19.5 Å². The van der Waals surface area contributed by atoms with Crippen LogP contribution in [0.4, 0.5) is 0 Å². The van der Waals surface area contributed by atoms with E-state index in [-0.39, 0.29) is 32.2 Å². The third-order valence-electron chi connectivity index (χ3n) is 12.4. The van der Waals surface area contributed by atoms with Gasteiger partial charge in [-0.15, -0.1) is 0 Å². The molecule has 0 radical (unpaired) electrons. The number of quaternary nitrogens is 1. The van der Waals surface area contributed by atoms with Crippen LogP contribution in [-0.4, -0.2) is 82.3 Å². The number of unbranched alkanes of at least 4 members (excludes halogenated alkanes) is 31. The van der Waals surface area contributed by atoms with Crippen LogP contribution in [0.3, 0.4) is 0 Å². The molecule has 67 heavy (non-hydrogen) atoms. The lowest BCUT2D eigenvalue weighted by Gasteiger charge is -2.26. The number of nitrogens with zero attached hydrogens (tertiary/aromatic N) is 1. The molecule has 2 unspecified atom stereocenters. The molecule has 9 heteroatoms. The topological polar surface area (TPSA) is 111 Å². The molecule has 0 rings (SSSR count). The third-order valence-corrected chi connectivity index (χ3v) is 12.4. The van der Waals surface area contributed by atoms with Crippen LogP contribution in [0, 0.1) is 0 Å². The van der Waals surface area contributed by atoms with Gasteiger partial charge >= 0.3 is 11.9 Å². The van der Waals surface area contributed by atoms with Gasteiger partial charge in [0.1, 0.15) is 13.2 Å². The van der Waals surface area contributed by atoms with Gasteiger partial charge in [-0.3, -0.25) is 9.59 Å². The SMILES string of the molecule is CC/C=C\C/C=C\C/C=C\CCCCCCCCCC(=O)OC(COC(=O)CCCCCCCCCCCCCCCCCCCCCCCCCCC)COC(OCC[N+](C)(C)C)C(=O)[O-]. The summed E-state index contributed by atoms with van der Waals surface area (Å²) in [5.41, 5.74) is 0. The van der Waals surface area contributed by atoms with Crippen molar-refractivity contribution in [3.05, 3.63) is 36.5 Å². The lowest BCUT2D eigenvalue weighted by molar-refractivity contribution is -0.870. The van der Waals surface area contributed by atoms with Gasteiger partial charge in [0.15, 0.2) is 12.4 Å². The van der Waals surface area contributed by atoms with Crippen LogP contribution < -0.4 is 5.11 Å². The maximum absolute atomic E-state index is 12.8. The van der Waals surface area contributed by atoms with Gasteiger partial charge in [-0.25, -0.2) is 0 Å². The number of carbonyl (C=O) groups is 3. The molecule has 0 fully saturated rings. The molecule has 0 N–H and O–H groups in total. The van der Waals surface area contributed by atoms with Gasteiger partial charge in [0.25, 0.3) is 0 Å². The van der Waals surface area contributed by atoms with Crippen LogP contribution in [0.25, 0.3) is 0 Å². The number of carboxylic acids is 1. The maximum atomic E-state index is 12.8. The minimum Gasteiger partial charge on any atom is -0.545 e. The highest BCUT2D eigenvalue weighted by molar-refractivity contribution is 5.70. The summed E-state index contributed by atoms with van der Waals surface area (Å²) in [4.78, 5) is 37.2. The maximum Gasteiger partial charge on any atom is 0.306 e. The zero-order chi connectivity index (χ0) is 49.2. The van der Waals surface area contributed by atoms with Gasteiger partial charge in [-0.2, -0.15) is 0 Å². The molecule has 392 valence electrons. The van der Waals surface area contributed by atoms with E-state index in [4.69, 9.17) is 18.9 Å². The molecule has 0 bridgehead atoms. The highest BCUT2D eigenvalue weighted by Gasteiger charge is 2.22. The predicted octanol–water partition coefficient (Wildman–Crippen LogP) is 14.8. The Labute approximate surface area is 413 Å². The Morgan fingerprint density at radius 1 is 0.463 bits per heavy atom. The largest absolute Gasteiger partial charge is 0.545 e. The number of carbonyl (C=O) groups excluding carboxylic acids is 3. The first kappa shape index (κ1) is 64.5. The van der Waals surface area contributed by atoms with Crippen LogP contribution >= 0.6 is 0 Å². The summed E-state index contributed by atoms with van der Waals surface area (Å²) >= 11 is 0. The highest BCUT2D eigenvalue weighted by atomic mass is 16.7. The van der Waals surface area contributed by atoms with Crippen molar-refractivity contribution in [2.45, 2.75) is 270 Å². The van der Waals surface area contributed by atoms with Crippen LogP contribution in [0.2, 0.25) is 0 Å². The van der Waals surface area contributed by atoms with E-state index < -0.39 is 24.3 Å². The summed E-state index contributed by atoms with van der Waals surface area (Å²) in [7, 11) is 5.92. The zero-order valence-corrected chi connectivity index (χ0v) is 44.5. The minimum absolute atomic E-state index is 0.147. The van der Waals surface area contributed by atoms with Crippen molar-refractivity contribution >= 4 is 17.9 Å². The number of aliphatic carboxylic acids is 1. The van der Waals surface area contributed by atoms with Crippen LogP contribution in [-0.2, 0) is 33.3 Å². The van der Waals surface area contributed by atoms with E-state index in [2.05, 4.69) is 50.3 Å². The molecule has 0 aliphatic rings. The molecule has 0 heterocycles. The van der Waals surface area contributed by atoms with Gasteiger partial charge in [-0.05, 0) is 44.9 Å². The molecule has 0 aliphatic carbocycles. The van der Waals surface area contributed by atoms with Crippen molar-refractivity contribution in [2.24, 2.45) is 0 Å². The molecule has 0 saturated carbocycles. The molecule has 0 aromatic heterocycles. The fourth-order valence-corrected chi connectivity index (χ4v) is 8.08. The molecule has 0 aromatic rings. The van der Waals surface area contributed by atoms with E-state index in [1.807, 2.05) is 21.1 Å². The summed E-state index contributed by atoms with van der Waals surface area (Å²) in [6, 6.07) is 0. The van der Waals surface area contributed by atoms with Crippen molar-refractivity contribution < 1.29 is 42.9 Å². The van der Waals surface area contributed by atoms with Gasteiger partial charge in [0, 0.05) is 12.8 Å². The average Bonchev–Trinajstić information content (AvgIpc) is 3.29. The summed E-state index contributed by atoms with van der Waals surface area (Å²) in [5.74, 6) is -2.28. The van der Waals surface area contributed by atoms with Crippen molar-refractivity contribution in [3.63, 3.8) is 0 Å². The number of carboxylic acid groups (broad SMARTS) is 1. The fourth-order valence-electron chi connectivity index (χ4n) is 8.08. The number of allylic oxidation sites excluding steroid dienone is 6. The van der Waals surface area contributed by atoms with E-state index in [0.717, 1.165) is 64.2 Å². The van der Waals surface area contributed by atoms with Crippen molar-refractivity contribution in [2.75, 3.05) is 47.5 Å². The molecule has 0 saturated heterocycles. The van der Waals surface area contributed by atoms with Gasteiger partial charge in [0.2, 0.25) is 0 Å². The number of hydrogen-bond donors (Lipinski definition) is 0. The Morgan fingerprint density at radius 2 is 0.851 bits per heavy atom. The summed E-state index contributed by atoms with van der Waals surface area (Å²) in [6.45, 7) is 4.66. The first-order valence-corrected chi connectivity index (χ1v) is 28.1. The Kier molecular flexibility index (Phi) is 48.1. The Balaban J connectivity index is 4.20. The second-order valence-corrected chi connectivity index (χ2v) is 20.2. The Bertz CT molecular complexity index is 1190. The molecule has 0 spiro atoms. The molecule has 0 aromatic carbocycles. The summed E-state index contributed by atoms with van der Waals surface area (Å²) in [5, 5.41) is 11.8. The van der Waals surface area contributed by atoms with E-state index in [1.54, 1.807) is 0 Å². The summed E-state index contributed by atoms with van der Waals surface area (Å²) in [6.07, 6.45) is 56.2. The quantitative estimate of drug-likeness (QED) is 0.0195. The highest BCUT2D eigenvalue weighted by Crippen LogP contribution is 2.17. The number of hydrogen-bond acceptors (Lipinski definition) is 8. The standard InChI is InChI=1S/C58H107NO8/c1-6-8-10-12-14-16-18-20-22-24-25-26-27-28-29-30-31-33-34-36-38-40-42-44-46-48-55(60)65-52-54(53-66-58(57(62)63)64-51-50-59(3,4)5)67-56(61)49-47-45-43-41-39-37-35-32-23-21-19-17-15-13-11-9-7-2/h9,11,15,17,21,23,54,58H,6-8,10,12-14,16,18-20,22,24-53H2,1-5H3/b11-9-,17-15-,23-21-.